The van der Waals surface area contributed by atoms with Crippen LogP contribution in [0.5, 0.6) is 5.75 Å². The summed E-state index contributed by atoms with van der Waals surface area (Å²) in [5.41, 5.74) is 3.02. The average molecular weight is 441 g/mol. The fraction of sp³-hybridized carbons (Fsp3) is 0.440. The van der Waals surface area contributed by atoms with Crippen molar-refractivity contribution in [3.8, 4) is 5.75 Å². The van der Waals surface area contributed by atoms with E-state index in [1.165, 1.54) is 5.56 Å². The topological polar surface area (TPSA) is 77.1 Å². The van der Waals surface area contributed by atoms with Gasteiger partial charge in [-0.1, -0.05) is 32.9 Å². The highest BCUT2D eigenvalue weighted by atomic mass is 16.5. The fourth-order valence-electron chi connectivity index (χ4n) is 3.44. The van der Waals surface area contributed by atoms with Crippen molar-refractivity contribution in [3.63, 3.8) is 0 Å². The Balaban J connectivity index is 1.71. The molecular weight excluding hydrogens is 408 g/mol. The first-order valence-corrected chi connectivity index (χ1v) is 10.9. The Kier molecular flexibility index (Phi) is 7.75. The number of carbonyl (C=O) groups is 2. The normalized spacial score (nSPS) is 14.1. The quantitative estimate of drug-likeness (QED) is 0.656. The number of hydrogen-bond donors (Lipinski definition) is 1. The number of morpholine rings is 1. The molecule has 7 nitrogen and oxygen atoms in total. The molecule has 0 radical (unpaired) electrons. The highest BCUT2D eigenvalue weighted by Crippen LogP contribution is 2.29. The molecule has 32 heavy (non-hydrogen) atoms. The number of nitrogens with one attached hydrogen (secondary N) is 1. The Morgan fingerprint density at radius 3 is 2.38 bits per heavy atom. The van der Waals surface area contributed by atoms with Crippen LogP contribution < -0.4 is 15.0 Å². The molecule has 0 unspecified atom stereocenters. The largest absolute Gasteiger partial charge is 0.484 e. The van der Waals surface area contributed by atoms with Gasteiger partial charge >= 0.3 is 5.97 Å². The Labute approximate surface area is 189 Å². The summed E-state index contributed by atoms with van der Waals surface area (Å²) >= 11 is 0. The van der Waals surface area contributed by atoms with E-state index in [2.05, 4.69) is 31.0 Å². The second kappa shape index (κ2) is 10.5. The maximum absolute atomic E-state index is 12.7. The van der Waals surface area contributed by atoms with Crippen LogP contribution in [0.25, 0.3) is 0 Å². The number of hydrogen-bond acceptors (Lipinski definition) is 6. The molecule has 1 N–H and O–H groups in total. The summed E-state index contributed by atoms with van der Waals surface area (Å²) in [6.45, 7) is 11.0. The van der Waals surface area contributed by atoms with Crippen LogP contribution in [0.1, 0.15) is 43.6 Å². The molecule has 0 spiro atoms. The van der Waals surface area contributed by atoms with Gasteiger partial charge in [0.15, 0.2) is 6.61 Å². The zero-order chi connectivity index (χ0) is 23.1. The Hall–Kier alpha value is -3.06. The van der Waals surface area contributed by atoms with E-state index in [0.29, 0.717) is 43.3 Å². The molecule has 0 saturated carbocycles. The van der Waals surface area contributed by atoms with Gasteiger partial charge in [0, 0.05) is 13.1 Å². The molecule has 1 fully saturated rings. The number of amides is 1. The van der Waals surface area contributed by atoms with Crippen molar-refractivity contribution in [2.45, 2.75) is 33.1 Å². The van der Waals surface area contributed by atoms with Crippen LogP contribution in [0.4, 0.5) is 11.4 Å². The molecule has 1 heterocycles. The third kappa shape index (κ3) is 6.23. The Bertz CT molecular complexity index is 928. The molecule has 0 bridgehead atoms. The van der Waals surface area contributed by atoms with E-state index in [9.17, 15) is 9.59 Å². The summed E-state index contributed by atoms with van der Waals surface area (Å²) in [4.78, 5) is 27.0. The summed E-state index contributed by atoms with van der Waals surface area (Å²) in [5.74, 6) is -0.103. The summed E-state index contributed by atoms with van der Waals surface area (Å²) < 4.78 is 16.2. The van der Waals surface area contributed by atoms with Gasteiger partial charge in [0.2, 0.25) is 0 Å². The molecule has 1 aliphatic heterocycles. The molecular formula is C25H32N2O5. The molecule has 1 saturated heterocycles. The van der Waals surface area contributed by atoms with E-state index < -0.39 is 5.97 Å². The first-order valence-electron chi connectivity index (χ1n) is 10.9. The van der Waals surface area contributed by atoms with Crippen molar-refractivity contribution in [1.82, 2.24) is 0 Å². The lowest BCUT2D eigenvalue weighted by Gasteiger charge is -2.30. The minimum atomic E-state index is -0.424. The van der Waals surface area contributed by atoms with E-state index >= 15 is 0 Å². The third-order valence-electron chi connectivity index (χ3n) is 5.22. The molecule has 0 aliphatic carbocycles. The van der Waals surface area contributed by atoms with Gasteiger partial charge in [0.05, 0.1) is 36.8 Å². The number of nitrogens with zero attached hydrogens (tertiary/aromatic N) is 1. The molecule has 0 atom stereocenters. The molecule has 3 rings (SSSR count). The fourth-order valence-corrected chi connectivity index (χ4v) is 3.44. The van der Waals surface area contributed by atoms with E-state index in [1.807, 2.05) is 30.3 Å². The van der Waals surface area contributed by atoms with Crippen molar-refractivity contribution in [2.24, 2.45) is 0 Å². The molecule has 1 amide bonds. The van der Waals surface area contributed by atoms with Crippen LogP contribution in [0.15, 0.2) is 42.5 Å². The van der Waals surface area contributed by atoms with Gasteiger partial charge in [-0.3, -0.25) is 4.79 Å². The zero-order valence-corrected chi connectivity index (χ0v) is 19.3. The second-order valence-corrected chi connectivity index (χ2v) is 8.66. The van der Waals surface area contributed by atoms with E-state index in [4.69, 9.17) is 14.2 Å². The summed E-state index contributed by atoms with van der Waals surface area (Å²) in [7, 11) is 0. The van der Waals surface area contributed by atoms with Crippen molar-refractivity contribution in [1.29, 1.82) is 0 Å². The van der Waals surface area contributed by atoms with Crippen LogP contribution in [0.3, 0.4) is 0 Å². The summed E-state index contributed by atoms with van der Waals surface area (Å²) in [6.07, 6.45) is 0. The predicted octanol–water partition coefficient (Wildman–Crippen LogP) is 4.01. The van der Waals surface area contributed by atoms with Crippen molar-refractivity contribution < 1.29 is 23.8 Å². The van der Waals surface area contributed by atoms with Crippen LogP contribution >= 0.6 is 0 Å². The van der Waals surface area contributed by atoms with Crippen molar-refractivity contribution >= 4 is 23.3 Å². The number of esters is 1. The molecule has 172 valence electrons. The van der Waals surface area contributed by atoms with Crippen LogP contribution in [-0.2, 0) is 19.7 Å². The first kappa shape index (κ1) is 23.6. The second-order valence-electron chi connectivity index (χ2n) is 8.66. The molecule has 0 aromatic heterocycles. The van der Waals surface area contributed by atoms with Gasteiger partial charge in [0.25, 0.3) is 5.91 Å². The van der Waals surface area contributed by atoms with E-state index in [-0.39, 0.29) is 24.5 Å². The highest BCUT2D eigenvalue weighted by molar-refractivity contribution is 5.98. The predicted molar refractivity (Wildman–Crippen MR) is 125 cm³/mol. The number of anilines is 2. The lowest BCUT2D eigenvalue weighted by molar-refractivity contribution is -0.118. The Morgan fingerprint density at radius 2 is 1.75 bits per heavy atom. The van der Waals surface area contributed by atoms with Crippen molar-refractivity contribution in [2.75, 3.05) is 49.7 Å². The first-order chi connectivity index (χ1) is 15.3. The number of ether oxygens (including phenoxy) is 3. The van der Waals surface area contributed by atoms with Gasteiger partial charge in [-0.05, 0) is 48.2 Å². The monoisotopic (exact) mass is 440 g/mol. The SMILES string of the molecule is CCOC(=O)c1ccc(N2CCOCC2)c(NC(=O)COc2ccc(C(C)(C)C)cc2)c1. The average Bonchev–Trinajstić information content (AvgIpc) is 2.78. The summed E-state index contributed by atoms with van der Waals surface area (Å²) in [6, 6.07) is 13.0. The van der Waals surface area contributed by atoms with Gasteiger partial charge in [-0.2, -0.15) is 0 Å². The standard InChI is InChI=1S/C25H32N2O5/c1-5-31-24(29)18-6-11-22(27-12-14-30-15-13-27)21(16-18)26-23(28)17-32-20-9-7-19(8-10-20)25(2,3)4/h6-11,16H,5,12-15,17H2,1-4H3,(H,26,28). The number of benzene rings is 2. The Morgan fingerprint density at radius 1 is 1.06 bits per heavy atom. The number of rotatable bonds is 7. The van der Waals surface area contributed by atoms with Crippen molar-refractivity contribution in [3.05, 3.63) is 53.6 Å². The molecule has 7 heteroatoms. The molecule has 1 aliphatic rings. The molecule has 2 aromatic carbocycles. The minimum absolute atomic E-state index is 0.0513. The maximum Gasteiger partial charge on any atom is 0.338 e. The van der Waals surface area contributed by atoms with Crippen LogP contribution in [0.2, 0.25) is 0 Å². The van der Waals surface area contributed by atoms with Gasteiger partial charge < -0.3 is 24.4 Å². The zero-order valence-electron chi connectivity index (χ0n) is 19.3. The highest BCUT2D eigenvalue weighted by Gasteiger charge is 2.19. The third-order valence-corrected chi connectivity index (χ3v) is 5.22. The molecule has 2 aromatic rings. The lowest BCUT2D eigenvalue weighted by atomic mass is 9.87. The van der Waals surface area contributed by atoms with E-state index in [0.717, 1.165) is 5.69 Å². The smallest absolute Gasteiger partial charge is 0.338 e. The maximum atomic E-state index is 12.7. The van der Waals surface area contributed by atoms with Crippen LogP contribution in [-0.4, -0.2) is 51.4 Å². The van der Waals surface area contributed by atoms with Gasteiger partial charge in [-0.25, -0.2) is 4.79 Å². The van der Waals surface area contributed by atoms with Gasteiger partial charge in [-0.15, -0.1) is 0 Å². The summed E-state index contributed by atoms with van der Waals surface area (Å²) in [5, 5.41) is 2.90. The van der Waals surface area contributed by atoms with E-state index in [1.54, 1.807) is 19.1 Å². The van der Waals surface area contributed by atoms with Crippen LogP contribution in [0, 0.1) is 0 Å². The number of carbonyl (C=O) groups excluding carboxylic acids is 2. The lowest BCUT2D eigenvalue weighted by Crippen LogP contribution is -2.37. The minimum Gasteiger partial charge on any atom is -0.484 e. The van der Waals surface area contributed by atoms with Gasteiger partial charge in [0.1, 0.15) is 5.75 Å².